The van der Waals surface area contributed by atoms with Crippen molar-refractivity contribution in [3.8, 4) is 11.5 Å². The van der Waals surface area contributed by atoms with E-state index in [0.717, 1.165) is 0 Å². The molecule has 0 spiro atoms. The fourth-order valence-corrected chi connectivity index (χ4v) is 3.06. The number of fused-ring (bicyclic) bond motifs is 1. The van der Waals surface area contributed by atoms with Gasteiger partial charge in [0.25, 0.3) is 0 Å². The number of rotatable bonds is 1. The Morgan fingerprint density at radius 2 is 1.95 bits per heavy atom. The number of Topliss-reactive ketones (excluding diaryl/α,β-unsaturated/α-hetero) is 2. The standard InChI is InChI=1S/C16H16O6/c1-16(21)4-3-8-12(15(16)20)14(19)9-5-7(22-2)6-10(17)11(9)13(8)18/h5-6,15,17,20-21H,3-4H2,1-2H3/t15-,16-/m1/s1. The quantitative estimate of drug-likeness (QED) is 0.714. The van der Waals surface area contributed by atoms with Gasteiger partial charge in [0.2, 0.25) is 0 Å². The van der Waals surface area contributed by atoms with Crippen LogP contribution in [0.4, 0.5) is 0 Å². The van der Waals surface area contributed by atoms with Crippen molar-refractivity contribution in [3.63, 3.8) is 0 Å². The van der Waals surface area contributed by atoms with E-state index in [1.165, 1.54) is 26.2 Å². The van der Waals surface area contributed by atoms with Gasteiger partial charge in [0.1, 0.15) is 17.6 Å². The number of methoxy groups -OCH3 is 1. The molecule has 116 valence electrons. The molecule has 22 heavy (non-hydrogen) atoms. The molecule has 6 heteroatoms. The van der Waals surface area contributed by atoms with Crippen LogP contribution in [-0.2, 0) is 0 Å². The molecule has 0 saturated carbocycles. The van der Waals surface area contributed by atoms with E-state index in [1.807, 2.05) is 0 Å². The van der Waals surface area contributed by atoms with Gasteiger partial charge in [0, 0.05) is 22.8 Å². The number of hydrogen-bond acceptors (Lipinski definition) is 6. The number of benzene rings is 1. The summed E-state index contributed by atoms with van der Waals surface area (Å²) in [6.45, 7) is 1.43. The van der Waals surface area contributed by atoms with Crippen LogP contribution in [0.15, 0.2) is 23.3 Å². The minimum absolute atomic E-state index is 0.0163. The molecule has 0 bridgehead atoms. The first-order valence-corrected chi connectivity index (χ1v) is 6.92. The molecular weight excluding hydrogens is 288 g/mol. The zero-order valence-corrected chi connectivity index (χ0v) is 12.2. The van der Waals surface area contributed by atoms with Crippen molar-refractivity contribution in [3.05, 3.63) is 34.4 Å². The van der Waals surface area contributed by atoms with E-state index in [0.29, 0.717) is 0 Å². The van der Waals surface area contributed by atoms with E-state index in [4.69, 9.17) is 4.74 Å². The monoisotopic (exact) mass is 304 g/mol. The number of phenolic OH excluding ortho intramolecular Hbond substituents is 1. The van der Waals surface area contributed by atoms with E-state index in [2.05, 4.69) is 0 Å². The highest BCUT2D eigenvalue weighted by molar-refractivity contribution is 6.28. The van der Waals surface area contributed by atoms with Gasteiger partial charge in [-0.25, -0.2) is 0 Å². The lowest BCUT2D eigenvalue weighted by molar-refractivity contribution is -0.0537. The summed E-state index contributed by atoms with van der Waals surface area (Å²) in [4.78, 5) is 25.2. The summed E-state index contributed by atoms with van der Waals surface area (Å²) in [6.07, 6.45) is -1.10. The van der Waals surface area contributed by atoms with Crippen molar-refractivity contribution in [1.82, 2.24) is 0 Å². The fraction of sp³-hybridized carbons (Fsp3) is 0.375. The van der Waals surface area contributed by atoms with Crippen molar-refractivity contribution >= 4 is 11.6 Å². The number of hydrogen-bond donors (Lipinski definition) is 3. The van der Waals surface area contributed by atoms with Crippen molar-refractivity contribution in [2.24, 2.45) is 0 Å². The lowest BCUT2D eigenvalue weighted by Crippen LogP contribution is -2.47. The van der Waals surface area contributed by atoms with Crippen molar-refractivity contribution in [2.45, 2.75) is 31.5 Å². The first kappa shape index (κ1) is 14.7. The van der Waals surface area contributed by atoms with E-state index < -0.39 is 23.3 Å². The molecule has 0 fully saturated rings. The number of phenols is 1. The Hall–Kier alpha value is -2.18. The normalized spacial score (nSPS) is 27.5. The van der Waals surface area contributed by atoms with Gasteiger partial charge in [-0.05, 0) is 25.8 Å². The molecule has 1 aromatic carbocycles. The number of aliphatic hydroxyl groups excluding tert-OH is 1. The summed E-state index contributed by atoms with van der Waals surface area (Å²) in [5, 5.41) is 30.5. The second-order valence-electron chi connectivity index (χ2n) is 5.88. The van der Waals surface area contributed by atoms with Crippen molar-refractivity contribution in [1.29, 1.82) is 0 Å². The zero-order chi connectivity index (χ0) is 16.2. The Balaban J connectivity index is 2.23. The Morgan fingerprint density at radius 1 is 1.27 bits per heavy atom. The second kappa shape index (κ2) is 4.66. The number of carbonyl (C=O) groups excluding carboxylic acids is 2. The van der Waals surface area contributed by atoms with Gasteiger partial charge in [-0.3, -0.25) is 9.59 Å². The van der Waals surface area contributed by atoms with Crippen LogP contribution in [0.25, 0.3) is 0 Å². The number of ether oxygens (including phenoxy) is 1. The number of ketones is 2. The molecule has 0 heterocycles. The summed E-state index contributed by atoms with van der Waals surface area (Å²) < 4.78 is 5.00. The molecule has 0 unspecified atom stereocenters. The number of aromatic hydroxyl groups is 1. The van der Waals surface area contributed by atoms with Gasteiger partial charge in [0.15, 0.2) is 11.6 Å². The van der Waals surface area contributed by atoms with Gasteiger partial charge in [-0.1, -0.05) is 0 Å². The molecule has 3 rings (SSSR count). The molecular formula is C16H16O6. The van der Waals surface area contributed by atoms with E-state index in [9.17, 15) is 24.9 Å². The van der Waals surface area contributed by atoms with Crippen LogP contribution in [-0.4, -0.2) is 45.7 Å². The largest absolute Gasteiger partial charge is 0.507 e. The maximum Gasteiger partial charge on any atom is 0.194 e. The lowest BCUT2D eigenvalue weighted by Gasteiger charge is -2.38. The van der Waals surface area contributed by atoms with Crippen LogP contribution in [0, 0.1) is 0 Å². The second-order valence-corrected chi connectivity index (χ2v) is 5.88. The summed E-state index contributed by atoms with van der Waals surface area (Å²) in [5.74, 6) is -1.14. The highest BCUT2D eigenvalue weighted by Gasteiger charge is 2.46. The third-order valence-corrected chi connectivity index (χ3v) is 4.39. The third-order valence-electron chi connectivity index (χ3n) is 4.39. The Kier molecular flexibility index (Phi) is 3.12. The summed E-state index contributed by atoms with van der Waals surface area (Å²) in [7, 11) is 1.38. The minimum Gasteiger partial charge on any atom is -0.507 e. The number of carbonyl (C=O) groups is 2. The van der Waals surface area contributed by atoms with Crippen LogP contribution in [0.1, 0.15) is 40.5 Å². The topological polar surface area (TPSA) is 104 Å². The Bertz CT molecular complexity index is 728. The van der Waals surface area contributed by atoms with Gasteiger partial charge < -0.3 is 20.1 Å². The van der Waals surface area contributed by atoms with E-state index in [-0.39, 0.29) is 46.6 Å². The number of aliphatic hydroxyl groups is 2. The molecule has 2 atom stereocenters. The predicted molar refractivity (Wildman–Crippen MR) is 76.2 cm³/mol. The van der Waals surface area contributed by atoms with Crippen LogP contribution in [0.2, 0.25) is 0 Å². The van der Waals surface area contributed by atoms with Crippen LogP contribution in [0.5, 0.6) is 11.5 Å². The van der Waals surface area contributed by atoms with E-state index in [1.54, 1.807) is 0 Å². The van der Waals surface area contributed by atoms with Gasteiger partial charge in [0.05, 0.1) is 18.3 Å². The lowest BCUT2D eigenvalue weighted by atomic mass is 9.71. The summed E-state index contributed by atoms with van der Waals surface area (Å²) >= 11 is 0. The molecule has 0 aliphatic heterocycles. The van der Waals surface area contributed by atoms with Crippen molar-refractivity contribution < 1.29 is 29.6 Å². The molecule has 6 nitrogen and oxygen atoms in total. The molecule has 2 aliphatic carbocycles. The van der Waals surface area contributed by atoms with Crippen LogP contribution < -0.4 is 4.74 Å². The predicted octanol–water partition coefficient (Wildman–Crippen LogP) is 0.982. The zero-order valence-electron chi connectivity index (χ0n) is 12.2. The van der Waals surface area contributed by atoms with Gasteiger partial charge in [-0.2, -0.15) is 0 Å². The summed E-state index contributed by atoms with van der Waals surface area (Å²) in [6, 6.07) is 2.63. The average molecular weight is 304 g/mol. The third kappa shape index (κ3) is 1.88. The fourth-order valence-electron chi connectivity index (χ4n) is 3.06. The molecule has 0 radical (unpaired) electrons. The average Bonchev–Trinajstić information content (AvgIpc) is 2.46. The highest BCUT2D eigenvalue weighted by atomic mass is 16.5. The van der Waals surface area contributed by atoms with Crippen molar-refractivity contribution in [2.75, 3.05) is 7.11 Å². The molecule has 0 amide bonds. The maximum absolute atomic E-state index is 12.7. The Labute approximate surface area is 126 Å². The minimum atomic E-state index is -1.47. The highest BCUT2D eigenvalue weighted by Crippen LogP contribution is 2.42. The van der Waals surface area contributed by atoms with E-state index >= 15 is 0 Å². The number of allylic oxidation sites excluding steroid dienone is 1. The van der Waals surface area contributed by atoms with Crippen LogP contribution >= 0.6 is 0 Å². The smallest absolute Gasteiger partial charge is 0.194 e. The molecule has 2 aliphatic rings. The van der Waals surface area contributed by atoms with Crippen LogP contribution in [0.3, 0.4) is 0 Å². The molecule has 0 saturated heterocycles. The maximum atomic E-state index is 12.7. The first-order valence-electron chi connectivity index (χ1n) is 6.92. The molecule has 0 aromatic heterocycles. The van der Waals surface area contributed by atoms with Gasteiger partial charge >= 0.3 is 0 Å². The first-order chi connectivity index (χ1) is 10.3. The molecule has 3 N–H and O–H groups in total. The SMILES string of the molecule is COc1cc(O)c2c(c1)C(=O)C1=C(CC[C@@](C)(O)[C@@H]1O)C2=O. The van der Waals surface area contributed by atoms with Gasteiger partial charge in [-0.15, -0.1) is 0 Å². The molecule has 1 aromatic rings. The Morgan fingerprint density at radius 3 is 2.59 bits per heavy atom. The summed E-state index contributed by atoms with van der Waals surface area (Å²) in [5.41, 5.74) is -1.47.